The van der Waals surface area contributed by atoms with E-state index in [1.54, 1.807) is 6.20 Å². The largest absolute Gasteiger partial charge is 0.324 e. The second kappa shape index (κ2) is 4.90. The molecule has 0 bridgehead atoms. The molecule has 2 N–H and O–H groups in total. The molecule has 0 saturated heterocycles. The first-order valence-electron chi connectivity index (χ1n) is 5.53. The van der Waals surface area contributed by atoms with E-state index in [1.807, 2.05) is 24.3 Å². The molecule has 1 heterocycles. The summed E-state index contributed by atoms with van der Waals surface area (Å²) in [5, 5.41) is 1.15. The summed E-state index contributed by atoms with van der Waals surface area (Å²) in [6.45, 7) is 3.72. The summed E-state index contributed by atoms with van der Waals surface area (Å²) in [6.07, 6.45) is 5.58. The van der Waals surface area contributed by atoms with Crippen molar-refractivity contribution in [1.82, 2.24) is 4.98 Å². The first kappa shape index (κ1) is 10.8. The van der Waals surface area contributed by atoms with Crippen molar-refractivity contribution in [2.45, 2.75) is 18.9 Å². The van der Waals surface area contributed by atoms with Gasteiger partial charge >= 0.3 is 0 Å². The molecule has 2 heteroatoms. The van der Waals surface area contributed by atoms with E-state index in [1.165, 1.54) is 5.56 Å². The van der Waals surface area contributed by atoms with Gasteiger partial charge in [-0.2, -0.15) is 0 Å². The molecule has 0 spiro atoms. The molecule has 2 rings (SSSR count). The molecule has 0 amide bonds. The number of fused-ring (bicyclic) bond motifs is 1. The van der Waals surface area contributed by atoms with Crippen LogP contribution in [-0.4, -0.2) is 4.98 Å². The van der Waals surface area contributed by atoms with Gasteiger partial charge in [0.05, 0.1) is 5.52 Å². The predicted octanol–water partition coefficient (Wildman–Crippen LogP) is 3.20. The normalized spacial score (nSPS) is 12.6. The molecule has 1 unspecified atom stereocenters. The maximum absolute atomic E-state index is 6.17. The van der Waals surface area contributed by atoms with Crippen LogP contribution < -0.4 is 5.73 Å². The highest BCUT2D eigenvalue weighted by Gasteiger charge is 2.08. The molecular weight excluding hydrogens is 196 g/mol. The van der Waals surface area contributed by atoms with Crippen LogP contribution in [0.15, 0.2) is 49.2 Å². The van der Waals surface area contributed by atoms with Crippen molar-refractivity contribution < 1.29 is 0 Å². The summed E-state index contributed by atoms with van der Waals surface area (Å²) in [6, 6.07) is 10.2. The van der Waals surface area contributed by atoms with E-state index >= 15 is 0 Å². The van der Waals surface area contributed by atoms with E-state index in [2.05, 4.69) is 23.7 Å². The van der Waals surface area contributed by atoms with E-state index in [9.17, 15) is 0 Å². The van der Waals surface area contributed by atoms with Gasteiger partial charge in [0, 0.05) is 17.6 Å². The quantitative estimate of drug-likeness (QED) is 0.790. The third-order valence-corrected chi connectivity index (χ3v) is 2.76. The molecule has 82 valence electrons. The average molecular weight is 212 g/mol. The molecule has 2 aromatic rings. The fraction of sp³-hybridized carbons (Fsp3) is 0.214. The molecule has 0 aliphatic carbocycles. The smallest absolute Gasteiger partial charge is 0.0705 e. The zero-order valence-corrected chi connectivity index (χ0v) is 9.26. The van der Waals surface area contributed by atoms with Crippen LogP contribution in [0, 0.1) is 0 Å². The highest BCUT2D eigenvalue weighted by atomic mass is 14.7. The zero-order valence-electron chi connectivity index (χ0n) is 9.26. The standard InChI is InChI=1S/C14H16N2/c1-2-3-8-13(15)11-6-4-9-14-12(11)7-5-10-16-14/h2,4-7,9-10,13H,1,3,8,15H2. The number of hydrogen-bond donors (Lipinski definition) is 1. The monoisotopic (exact) mass is 212 g/mol. The number of benzene rings is 1. The summed E-state index contributed by atoms with van der Waals surface area (Å²) in [4.78, 5) is 4.33. The number of hydrogen-bond acceptors (Lipinski definition) is 2. The van der Waals surface area contributed by atoms with Gasteiger partial charge in [0.2, 0.25) is 0 Å². The Kier molecular flexibility index (Phi) is 3.32. The van der Waals surface area contributed by atoms with Gasteiger partial charge in [-0.3, -0.25) is 4.98 Å². The first-order chi connectivity index (χ1) is 7.83. The number of allylic oxidation sites excluding steroid dienone is 1. The Bertz CT molecular complexity index is 486. The Morgan fingerprint density at radius 3 is 3.00 bits per heavy atom. The van der Waals surface area contributed by atoms with E-state index in [0.29, 0.717) is 0 Å². The minimum absolute atomic E-state index is 0.0610. The molecule has 1 atom stereocenters. The van der Waals surface area contributed by atoms with Crippen LogP contribution in [0.1, 0.15) is 24.4 Å². The predicted molar refractivity (Wildman–Crippen MR) is 68.1 cm³/mol. The van der Waals surface area contributed by atoms with Gasteiger partial charge in [-0.25, -0.2) is 0 Å². The Labute approximate surface area is 95.8 Å². The minimum atomic E-state index is 0.0610. The topological polar surface area (TPSA) is 38.9 Å². The van der Waals surface area contributed by atoms with Gasteiger partial charge in [0.1, 0.15) is 0 Å². The summed E-state index contributed by atoms with van der Waals surface area (Å²) < 4.78 is 0. The SMILES string of the molecule is C=CCCC(N)c1cccc2ncccc12. The summed E-state index contributed by atoms with van der Waals surface area (Å²) in [5.74, 6) is 0. The fourth-order valence-corrected chi connectivity index (χ4v) is 1.90. The number of aromatic nitrogens is 1. The third-order valence-electron chi connectivity index (χ3n) is 2.76. The first-order valence-corrected chi connectivity index (χ1v) is 5.53. The van der Waals surface area contributed by atoms with Crippen molar-refractivity contribution in [3.63, 3.8) is 0 Å². The third kappa shape index (κ3) is 2.12. The maximum atomic E-state index is 6.17. The molecule has 1 aromatic heterocycles. The van der Waals surface area contributed by atoms with Crippen LogP contribution in [0.3, 0.4) is 0 Å². The summed E-state index contributed by atoms with van der Waals surface area (Å²) in [7, 11) is 0. The number of pyridine rings is 1. The summed E-state index contributed by atoms with van der Waals surface area (Å²) >= 11 is 0. The number of nitrogens with two attached hydrogens (primary N) is 1. The highest BCUT2D eigenvalue weighted by Crippen LogP contribution is 2.24. The van der Waals surface area contributed by atoms with Gasteiger partial charge in [0.25, 0.3) is 0 Å². The summed E-state index contributed by atoms with van der Waals surface area (Å²) in [5.41, 5.74) is 8.35. The second-order valence-electron chi connectivity index (χ2n) is 3.89. The van der Waals surface area contributed by atoms with Crippen molar-refractivity contribution >= 4 is 10.9 Å². The van der Waals surface area contributed by atoms with E-state index in [-0.39, 0.29) is 6.04 Å². The van der Waals surface area contributed by atoms with Crippen LogP contribution in [0.4, 0.5) is 0 Å². The van der Waals surface area contributed by atoms with Crippen molar-refractivity contribution in [2.24, 2.45) is 5.73 Å². The molecule has 0 radical (unpaired) electrons. The lowest BCUT2D eigenvalue weighted by Gasteiger charge is -2.13. The van der Waals surface area contributed by atoms with Gasteiger partial charge in [-0.05, 0) is 30.5 Å². The van der Waals surface area contributed by atoms with Gasteiger partial charge < -0.3 is 5.73 Å². The van der Waals surface area contributed by atoms with Crippen molar-refractivity contribution in [3.05, 3.63) is 54.7 Å². The minimum Gasteiger partial charge on any atom is -0.324 e. The van der Waals surface area contributed by atoms with E-state index in [4.69, 9.17) is 5.73 Å². The van der Waals surface area contributed by atoms with Gasteiger partial charge in [-0.1, -0.05) is 24.3 Å². The lowest BCUT2D eigenvalue weighted by Crippen LogP contribution is -2.10. The Balaban J connectivity index is 2.39. The van der Waals surface area contributed by atoms with Gasteiger partial charge in [0.15, 0.2) is 0 Å². The molecule has 0 aliphatic heterocycles. The maximum Gasteiger partial charge on any atom is 0.0705 e. The molecule has 2 nitrogen and oxygen atoms in total. The van der Waals surface area contributed by atoms with Crippen LogP contribution in [0.5, 0.6) is 0 Å². The Morgan fingerprint density at radius 2 is 2.19 bits per heavy atom. The highest BCUT2D eigenvalue weighted by molar-refractivity contribution is 5.82. The number of nitrogens with zero attached hydrogens (tertiary/aromatic N) is 1. The number of rotatable bonds is 4. The van der Waals surface area contributed by atoms with Crippen molar-refractivity contribution in [1.29, 1.82) is 0 Å². The van der Waals surface area contributed by atoms with Crippen molar-refractivity contribution in [3.8, 4) is 0 Å². The zero-order chi connectivity index (χ0) is 11.4. The molecule has 0 aliphatic rings. The molecule has 0 fully saturated rings. The van der Waals surface area contributed by atoms with E-state index < -0.39 is 0 Å². The molecule has 16 heavy (non-hydrogen) atoms. The van der Waals surface area contributed by atoms with Crippen LogP contribution in [0.25, 0.3) is 10.9 Å². The Morgan fingerprint density at radius 1 is 1.31 bits per heavy atom. The van der Waals surface area contributed by atoms with E-state index in [0.717, 1.165) is 23.7 Å². The van der Waals surface area contributed by atoms with Crippen molar-refractivity contribution in [2.75, 3.05) is 0 Å². The second-order valence-corrected chi connectivity index (χ2v) is 3.89. The average Bonchev–Trinajstić information content (AvgIpc) is 2.35. The van der Waals surface area contributed by atoms with Crippen LogP contribution >= 0.6 is 0 Å². The molecule has 1 aromatic carbocycles. The van der Waals surface area contributed by atoms with Crippen LogP contribution in [-0.2, 0) is 0 Å². The lowest BCUT2D eigenvalue weighted by molar-refractivity contribution is 0.666. The molecule has 0 saturated carbocycles. The Hall–Kier alpha value is -1.67. The fourth-order valence-electron chi connectivity index (χ4n) is 1.90. The van der Waals surface area contributed by atoms with Gasteiger partial charge in [-0.15, -0.1) is 6.58 Å². The molecular formula is C14H16N2. The lowest BCUT2D eigenvalue weighted by atomic mass is 9.98. The van der Waals surface area contributed by atoms with Crippen LogP contribution in [0.2, 0.25) is 0 Å².